The Kier molecular flexibility index (Phi) is 5.84. The SMILES string of the molecule is CC(C)c1ccc(-c2nnn(CC(=O)c3ccc(C4CCCCC4)cc3)n2)cc1. The van der Waals surface area contributed by atoms with Crippen LogP contribution in [0.4, 0.5) is 0 Å². The van der Waals surface area contributed by atoms with Crippen LogP contribution in [0.25, 0.3) is 11.4 Å². The van der Waals surface area contributed by atoms with Gasteiger partial charge in [-0.05, 0) is 41.0 Å². The van der Waals surface area contributed by atoms with Crippen molar-refractivity contribution in [1.82, 2.24) is 20.2 Å². The minimum Gasteiger partial charge on any atom is -0.292 e. The van der Waals surface area contributed by atoms with Gasteiger partial charge in [0, 0.05) is 11.1 Å². The summed E-state index contributed by atoms with van der Waals surface area (Å²) < 4.78 is 0. The number of carbonyl (C=O) groups excluding carboxylic acids is 1. The maximum atomic E-state index is 12.6. The van der Waals surface area contributed by atoms with Gasteiger partial charge in [0.15, 0.2) is 5.78 Å². The van der Waals surface area contributed by atoms with Gasteiger partial charge in [0.25, 0.3) is 0 Å². The molecule has 1 aliphatic carbocycles. The molecule has 1 aromatic heterocycles. The van der Waals surface area contributed by atoms with Crippen LogP contribution in [0.5, 0.6) is 0 Å². The van der Waals surface area contributed by atoms with Crippen molar-refractivity contribution in [2.75, 3.05) is 0 Å². The van der Waals surface area contributed by atoms with Gasteiger partial charge >= 0.3 is 0 Å². The van der Waals surface area contributed by atoms with Crippen LogP contribution < -0.4 is 0 Å². The van der Waals surface area contributed by atoms with E-state index in [0.29, 0.717) is 23.2 Å². The Morgan fingerprint density at radius 1 is 1.00 bits per heavy atom. The molecule has 0 bridgehead atoms. The van der Waals surface area contributed by atoms with Gasteiger partial charge in [0.2, 0.25) is 5.82 Å². The summed E-state index contributed by atoms with van der Waals surface area (Å²) in [7, 11) is 0. The van der Waals surface area contributed by atoms with Crippen molar-refractivity contribution in [1.29, 1.82) is 0 Å². The molecule has 29 heavy (non-hydrogen) atoms. The predicted octanol–water partition coefficient (Wildman–Crippen LogP) is 5.39. The van der Waals surface area contributed by atoms with Crippen LogP contribution in [-0.2, 0) is 6.54 Å². The van der Waals surface area contributed by atoms with Crippen molar-refractivity contribution in [2.24, 2.45) is 0 Å². The molecule has 3 aromatic rings. The van der Waals surface area contributed by atoms with E-state index in [-0.39, 0.29) is 12.3 Å². The Hall–Kier alpha value is -2.82. The lowest BCUT2D eigenvalue weighted by atomic mass is 9.84. The standard InChI is InChI=1S/C24H28N4O/c1-17(2)18-8-14-22(15-9-18)24-25-27-28(26-24)16-23(29)21-12-10-20(11-13-21)19-6-4-3-5-7-19/h8-15,17,19H,3-7,16H2,1-2H3. The van der Waals surface area contributed by atoms with Crippen LogP contribution in [0, 0.1) is 0 Å². The van der Waals surface area contributed by atoms with E-state index in [1.54, 1.807) is 0 Å². The first kappa shape index (κ1) is 19.5. The second-order valence-electron chi connectivity index (χ2n) is 8.30. The highest BCUT2D eigenvalue weighted by molar-refractivity contribution is 5.95. The Balaban J connectivity index is 1.41. The lowest BCUT2D eigenvalue weighted by molar-refractivity contribution is 0.0961. The minimum atomic E-state index is -0.000648. The lowest BCUT2D eigenvalue weighted by Gasteiger charge is -2.22. The molecule has 1 heterocycles. The average molecular weight is 389 g/mol. The smallest absolute Gasteiger partial charge is 0.204 e. The summed E-state index contributed by atoms with van der Waals surface area (Å²) in [6, 6.07) is 16.3. The molecule has 0 unspecified atom stereocenters. The number of nitrogens with zero attached hydrogens (tertiary/aromatic N) is 4. The van der Waals surface area contributed by atoms with E-state index in [2.05, 4.69) is 53.5 Å². The largest absolute Gasteiger partial charge is 0.292 e. The maximum absolute atomic E-state index is 12.6. The van der Waals surface area contributed by atoms with Crippen molar-refractivity contribution >= 4 is 5.78 Å². The number of benzene rings is 2. The van der Waals surface area contributed by atoms with E-state index in [1.807, 2.05) is 24.3 Å². The number of ketones is 1. The second kappa shape index (κ2) is 8.68. The van der Waals surface area contributed by atoms with Gasteiger partial charge in [-0.1, -0.05) is 81.6 Å². The topological polar surface area (TPSA) is 60.7 Å². The Bertz CT molecular complexity index is 951. The summed E-state index contributed by atoms with van der Waals surface area (Å²) in [5.41, 5.74) is 4.23. The minimum absolute atomic E-state index is 0.000648. The fourth-order valence-electron chi connectivity index (χ4n) is 4.04. The Morgan fingerprint density at radius 2 is 1.69 bits per heavy atom. The van der Waals surface area contributed by atoms with E-state index in [4.69, 9.17) is 0 Å². The highest BCUT2D eigenvalue weighted by Gasteiger charge is 2.16. The maximum Gasteiger partial charge on any atom is 0.204 e. The number of hydrogen-bond donors (Lipinski definition) is 0. The van der Waals surface area contributed by atoms with Gasteiger partial charge in [0.05, 0.1) is 0 Å². The van der Waals surface area contributed by atoms with Crippen LogP contribution in [0.3, 0.4) is 0 Å². The molecule has 5 nitrogen and oxygen atoms in total. The molecule has 0 atom stereocenters. The van der Waals surface area contributed by atoms with Gasteiger partial charge in [-0.2, -0.15) is 4.80 Å². The molecule has 0 aliphatic heterocycles. The molecule has 0 saturated heterocycles. The highest BCUT2D eigenvalue weighted by Crippen LogP contribution is 2.32. The van der Waals surface area contributed by atoms with E-state index in [1.165, 1.54) is 48.0 Å². The molecule has 0 amide bonds. The number of Topliss-reactive ketones (excluding diaryl/α,β-unsaturated/α-hetero) is 1. The number of rotatable bonds is 6. The fourth-order valence-corrected chi connectivity index (χ4v) is 4.04. The zero-order valence-electron chi connectivity index (χ0n) is 17.2. The molecular weight excluding hydrogens is 360 g/mol. The van der Waals surface area contributed by atoms with Gasteiger partial charge in [0.1, 0.15) is 6.54 Å². The van der Waals surface area contributed by atoms with E-state index < -0.39 is 0 Å². The monoisotopic (exact) mass is 388 g/mol. The molecule has 4 rings (SSSR count). The average Bonchev–Trinajstić information content (AvgIpc) is 3.23. The number of tetrazole rings is 1. The third-order valence-electron chi connectivity index (χ3n) is 5.88. The van der Waals surface area contributed by atoms with Gasteiger partial charge in [-0.25, -0.2) is 0 Å². The molecule has 0 radical (unpaired) electrons. The van der Waals surface area contributed by atoms with Crippen LogP contribution in [0.2, 0.25) is 0 Å². The molecule has 1 fully saturated rings. The van der Waals surface area contributed by atoms with E-state index in [0.717, 1.165) is 5.56 Å². The van der Waals surface area contributed by atoms with Crippen LogP contribution in [-0.4, -0.2) is 26.0 Å². The number of carbonyl (C=O) groups is 1. The third-order valence-corrected chi connectivity index (χ3v) is 5.88. The van der Waals surface area contributed by atoms with Crippen LogP contribution >= 0.6 is 0 Å². The first-order chi connectivity index (χ1) is 14.1. The Morgan fingerprint density at radius 3 is 2.34 bits per heavy atom. The van der Waals surface area contributed by atoms with Crippen molar-refractivity contribution in [3.63, 3.8) is 0 Å². The van der Waals surface area contributed by atoms with Crippen molar-refractivity contribution in [3.05, 3.63) is 65.2 Å². The summed E-state index contributed by atoms with van der Waals surface area (Å²) in [6.45, 7) is 4.42. The van der Waals surface area contributed by atoms with Crippen molar-refractivity contribution < 1.29 is 4.79 Å². The zero-order chi connectivity index (χ0) is 20.2. The number of hydrogen-bond acceptors (Lipinski definition) is 4. The summed E-state index contributed by atoms with van der Waals surface area (Å²) in [4.78, 5) is 14.0. The normalized spacial score (nSPS) is 15.0. The molecule has 5 heteroatoms. The Labute approximate surface area is 172 Å². The molecule has 2 aromatic carbocycles. The van der Waals surface area contributed by atoms with E-state index >= 15 is 0 Å². The summed E-state index contributed by atoms with van der Waals surface area (Å²) >= 11 is 0. The van der Waals surface area contributed by atoms with Gasteiger partial charge in [-0.15, -0.1) is 10.2 Å². The molecule has 1 saturated carbocycles. The predicted molar refractivity (Wildman–Crippen MR) is 114 cm³/mol. The summed E-state index contributed by atoms with van der Waals surface area (Å²) in [5, 5.41) is 12.6. The van der Waals surface area contributed by atoms with Crippen LogP contribution in [0.1, 0.15) is 79.3 Å². The first-order valence-electron chi connectivity index (χ1n) is 10.6. The summed E-state index contributed by atoms with van der Waals surface area (Å²) in [6.07, 6.45) is 6.49. The summed E-state index contributed by atoms with van der Waals surface area (Å²) in [5.74, 6) is 1.67. The first-order valence-corrected chi connectivity index (χ1v) is 10.6. The lowest BCUT2D eigenvalue weighted by Crippen LogP contribution is -2.13. The second-order valence-corrected chi connectivity index (χ2v) is 8.30. The molecule has 1 aliphatic rings. The van der Waals surface area contributed by atoms with Gasteiger partial charge < -0.3 is 0 Å². The van der Waals surface area contributed by atoms with Crippen molar-refractivity contribution in [3.8, 4) is 11.4 Å². The highest BCUT2D eigenvalue weighted by atomic mass is 16.1. The molecule has 0 N–H and O–H groups in total. The third kappa shape index (κ3) is 4.61. The zero-order valence-corrected chi connectivity index (χ0v) is 17.2. The van der Waals surface area contributed by atoms with Gasteiger partial charge in [-0.3, -0.25) is 4.79 Å². The molecule has 150 valence electrons. The molecule has 0 spiro atoms. The number of aromatic nitrogens is 4. The quantitative estimate of drug-likeness (QED) is 0.531. The fraction of sp³-hybridized carbons (Fsp3) is 0.417. The van der Waals surface area contributed by atoms with Crippen LogP contribution in [0.15, 0.2) is 48.5 Å². The molecular formula is C24H28N4O. The van der Waals surface area contributed by atoms with Crippen molar-refractivity contribution in [2.45, 2.75) is 64.3 Å². The van der Waals surface area contributed by atoms with E-state index in [9.17, 15) is 4.79 Å².